The van der Waals surface area contributed by atoms with Gasteiger partial charge in [-0.3, -0.25) is 4.79 Å². The Bertz CT molecular complexity index is 446. The van der Waals surface area contributed by atoms with Crippen molar-refractivity contribution in [3.05, 3.63) is 22.9 Å². The maximum absolute atomic E-state index is 11.9. The summed E-state index contributed by atoms with van der Waals surface area (Å²) in [5.41, 5.74) is 0.640. The molecule has 0 unspecified atom stereocenters. The molecule has 19 heavy (non-hydrogen) atoms. The van der Waals surface area contributed by atoms with Gasteiger partial charge in [-0.05, 0) is 0 Å². The van der Waals surface area contributed by atoms with Crippen LogP contribution in [0.15, 0.2) is 22.9 Å². The second-order valence-corrected chi connectivity index (χ2v) is 11.1. The Morgan fingerprint density at radius 1 is 1.32 bits per heavy atom. The van der Waals surface area contributed by atoms with Crippen molar-refractivity contribution < 1.29 is 14.3 Å². The van der Waals surface area contributed by atoms with Gasteiger partial charge in [-0.15, -0.1) is 0 Å². The Kier molecular flexibility index (Phi) is 4.74. The Hall–Kier alpha value is -1.36. The quantitative estimate of drug-likeness (QED) is 0.636. The number of ether oxygens (including phenoxy) is 1. The highest BCUT2D eigenvalue weighted by Gasteiger charge is 2.32. The van der Waals surface area contributed by atoms with Gasteiger partial charge >= 0.3 is 5.97 Å². The highest BCUT2D eigenvalue weighted by atomic mass is 28.3. The average Bonchev–Trinajstić information content (AvgIpc) is 2.28. The number of amides is 1. The van der Waals surface area contributed by atoms with Gasteiger partial charge in [-0.25, -0.2) is 4.79 Å². The molecular weight excluding hydrogens is 258 g/mol. The zero-order valence-corrected chi connectivity index (χ0v) is 13.5. The number of carbonyl (C=O) groups is 2. The molecule has 0 bridgehead atoms. The van der Waals surface area contributed by atoms with Gasteiger partial charge in [0.25, 0.3) is 0 Å². The smallest absolute Gasteiger partial charge is 0.334 e. The molecule has 0 saturated heterocycles. The molecule has 106 valence electrons. The average molecular weight is 281 g/mol. The van der Waals surface area contributed by atoms with Gasteiger partial charge in [0.2, 0.25) is 5.91 Å². The van der Waals surface area contributed by atoms with E-state index in [0.717, 1.165) is 0 Å². The molecule has 0 heterocycles. The van der Waals surface area contributed by atoms with Gasteiger partial charge in [-0.1, -0.05) is 43.9 Å². The van der Waals surface area contributed by atoms with E-state index in [1.165, 1.54) is 19.2 Å². The number of carbonyl (C=O) groups excluding carboxylic acids is 2. The van der Waals surface area contributed by atoms with Crippen LogP contribution in [-0.4, -0.2) is 33.1 Å². The van der Waals surface area contributed by atoms with Gasteiger partial charge < -0.3 is 10.1 Å². The third-order valence-electron chi connectivity index (χ3n) is 3.36. The van der Waals surface area contributed by atoms with E-state index in [2.05, 4.69) is 31.0 Å². The minimum absolute atomic E-state index is 0.0727. The molecule has 1 N–H and O–H groups in total. The molecule has 0 aromatic heterocycles. The first-order chi connectivity index (χ1) is 8.66. The van der Waals surface area contributed by atoms with Gasteiger partial charge in [0.1, 0.15) is 0 Å². The molecule has 4 nitrogen and oxygen atoms in total. The van der Waals surface area contributed by atoms with E-state index in [9.17, 15) is 9.59 Å². The Morgan fingerprint density at radius 3 is 2.32 bits per heavy atom. The second kappa shape index (κ2) is 5.73. The molecule has 0 aromatic rings. The molecule has 2 atom stereocenters. The molecule has 0 aromatic carbocycles. The van der Waals surface area contributed by atoms with Crippen LogP contribution in [0.25, 0.3) is 0 Å². The highest BCUT2D eigenvalue weighted by Crippen LogP contribution is 2.29. The fourth-order valence-corrected chi connectivity index (χ4v) is 3.38. The van der Waals surface area contributed by atoms with Crippen LogP contribution in [0.3, 0.4) is 0 Å². The summed E-state index contributed by atoms with van der Waals surface area (Å²) in [5.74, 6) is -0.475. The van der Waals surface area contributed by atoms with Crippen molar-refractivity contribution in [1.29, 1.82) is 0 Å². The first kappa shape index (κ1) is 15.7. The van der Waals surface area contributed by atoms with Crippen molar-refractivity contribution in [3.63, 3.8) is 0 Å². The number of nitrogens with one attached hydrogen (secondary N) is 1. The first-order valence-corrected chi connectivity index (χ1v) is 9.96. The lowest BCUT2D eigenvalue weighted by atomic mass is 9.88. The van der Waals surface area contributed by atoms with Crippen LogP contribution in [0.5, 0.6) is 0 Å². The summed E-state index contributed by atoms with van der Waals surface area (Å²) >= 11 is 0. The summed E-state index contributed by atoms with van der Waals surface area (Å²) in [6.45, 7) is 10.1. The number of hydrogen-bond acceptors (Lipinski definition) is 3. The highest BCUT2D eigenvalue weighted by molar-refractivity contribution is 6.83. The van der Waals surface area contributed by atoms with Crippen LogP contribution in [-0.2, 0) is 14.3 Å². The van der Waals surface area contributed by atoms with Crippen LogP contribution in [0.2, 0.25) is 19.6 Å². The van der Waals surface area contributed by atoms with Gasteiger partial charge in [0.05, 0.1) is 21.2 Å². The van der Waals surface area contributed by atoms with Crippen molar-refractivity contribution in [1.82, 2.24) is 5.32 Å². The third kappa shape index (κ3) is 3.80. The predicted molar refractivity (Wildman–Crippen MR) is 78.3 cm³/mol. The lowest BCUT2D eigenvalue weighted by Gasteiger charge is -2.31. The van der Waals surface area contributed by atoms with Gasteiger partial charge in [-0.2, -0.15) is 0 Å². The maximum Gasteiger partial charge on any atom is 0.334 e. The number of rotatable bonds is 3. The predicted octanol–water partition coefficient (Wildman–Crippen LogP) is 2.04. The topological polar surface area (TPSA) is 55.4 Å². The van der Waals surface area contributed by atoms with Crippen LogP contribution < -0.4 is 5.32 Å². The van der Waals surface area contributed by atoms with E-state index < -0.39 is 8.07 Å². The SMILES string of the molecule is COC(=O)C1=CC([Si](C)(C)C)=C[C@H](NC(C)=O)[C@@H]1C. The second-order valence-electron chi connectivity index (χ2n) is 5.98. The number of methoxy groups -OCH3 is 1. The molecular formula is C14H23NO3Si. The molecule has 1 amide bonds. The minimum Gasteiger partial charge on any atom is -0.466 e. The van der Waals surface area contributed by atoms with E-state index in [1.54, 1.807) is 0 Å². The monoisotopic (exact) mass is 281 g/mol. The van der Waals surface area contributed by atoms with Gasteiger partial charge in [0.15, 0.2) is 0 Å². The summed E-state index contributed by atoms with van der Waals surface area (Å²) < 4.78 is 4.84. The van der Waals surface area contributed by atoms with Crippen LogP contribution in [0, 0.1) is 5.92 Å². The van der Waals surface area contributed by atoms with Crippen LogP contribution in [0.4, 0.5) is 0 Å². The van der Waals surface area contributed by atoms with E-state index in [0.29, 0.717) is 5.57 Å². The van der Waals surface area contributed by atoms with Crippen molar-refractivity contribution in [2.45, 2.75) is 39.5 Å². The summed E-state index contributed by atoms with van der Waals surface area (Å²) in [7, 11) is -0.169. The van der Waals surface area contributed by atoms with Crippen molar-refractivity contribution in [2.75, 3.05) is 7.11 Å². The fourth-order valence-electron chi connectivity index (χ4n) is 2.11. The normalized spacial score (nSPS) is 23.3. The van der Waals surface area contributed by atoms with Crippen molar-refractivity contribution >= 4 is 20.0 Å². The van der Waals surface area contributed by atoms with E-state index in [4.69, 9.17) is 4.74 Å². The Labute approximate surface area is 115 Å². The summed E-state index contributed by atoms with van der Waals surface area (Å²) in [5, 5.41) is 4.07. The zero-order valence-electron chi connectivity index (χ0n) is 12.5. The van der Waals surface area contributed by atoms with Crippen molar-refractivity contribution in [2.24, 2.45) is 5.92 Å². The van der Waals surface area contributed by atoms with Crippen LogP contribution >= 0.6 is 0 Å². The molecule has 0 fully saturated rings. The molecule has 0 radical (unpaired) electrons. The number of allylic oxidation sites excluding steroid dienone is 2. The number of hydrogen-bond donors (Lipinski definition) is 1. The van der Waals surface area contributed by atoms with E-state index in [-0.39, 0.29) is 23.8 Å². The van der Waals surface area contributed by atoms with Gasteiger partial charge in [0, 0.05) is 18.4 Å². The Balaban J connectivity index is 3.18. The largest absolute Gasteiger partial charge is 0.466 e. The number of esters is 1. The van der Waals surface area contributed by atoms with Crippen molar-refractivity contribution in [3.8, 4) is 0 Å². The molecule has 5 heteroatoms. The molecule has 0 saturated carbocycles. The summed E-state index contributed by atoms with van der Waals surface area (Å²) in [6, 6.07) is -0.140. The Morgan fingerprint density at radius 2 is 1.89 bits per heavy atom. The molecule has 1 aliphatic carbocycles. The molecule has 0 spiro atoms. The minimum atomic E-state index is -1.55. The molecule has 1 aliphatic rings. The first-order valence-electron chi connectivity index (χ1n) is 6.46. The standard InChI is InChI=1S/C14H23NO3Si/c1-9-12(14(17)18-3)7-11(19(4,5)6)8-13(9)15-10(2)16/h7-9,13H,1-6H3,(H,15,16)/t9-,13+/m1/s1. The van der Waals surface area contributed by atoms with E-state index in [1.807, 2.05) is 13.0 Å². The maximum atomic E-state index is 11.9. The summed E-state index contributed by atoms with van der Waals surface area (Å²) in [6.07, 6.45) is 4.03. The third-order valence-corrected chi connectivity index (χ3v) is 5.40. The molecule has 1 rings (SSSR count). The summed E-state index contributed by atoms with van der Waals surface area (Å²) in [4.78, 5) is 23.2. The van der Waals surface area contributed by atoms with Crippen LogP contribution in [0.1, 0.15) is 13.8 Å². The fraction of sp³-hybridized carbons (Fsp3) is 0.571. The zero-order chi connectivity index (χ0) is 14.8. The van der Waals surface area contributed by atoms with E-state index >= 15 is 0 Å². The lowest BCUT2D eigenvalue weighted by Crippen LogP contribution is -2.42. The molecule has 0 aliphatic heterocycles. The lowest BCUT2D eigenvalue weighted by molar-refractivity contribution is -0.137.